The van der Waals surface area contributed by atoms with E-state index in [-0.39, 0.29) is 18.9 Å². The third-order valence-electron chi connectivity index (χ3n) is 4.11. The van der Waals surface area contributed by atoms with E-state index in [1.54, 1.807) is 26.2 Å². The second-order valence-electron chi connectivity index (χ2n) is 6.02. The quantitative estimate of drug-likeness (QED) is 0.639. The van der Waals surface area contributed by atoms with Crippen LogP contribution in [-0.4, -0.2) is 42.2 Å². The summed E-state index contributed by atoms with van der Waals surface area (Å²) in [5, 5.41) is 3.98. The molecule has 27 heavy (non-hydrogen) atoms. The number of hydrogen-bond acceptors (Lipinski definition) is 6. The van der Waals surface area contributed by atoms with E-state index in [4.69, 9.17) is 14.0 Å². The Hall–Kier alpha value is -3.35. The highest BCUT2D eigenvalue weighted by Gasteiger charge is 2.15. The summed E-state index contributed by atoms with van der Waals surface area (Å²) in [5.41, 5.74) is 1.70. The van der Waals surface area contributed by atoms with Crippen molar-refractivity contribution in [2.24, 2.45) is 0 Å². The second kappa shape index (κ2) is 8.35. The van der Waals surface area contributed by atoms with Crippen LogP contribution < -0.4 is 9.47 Å². The van der Waals surface area contributed by atoms with E-state index >= 15 is 0 Å². The lowest BCUT2D eigenvalue weighted by molar-refractivity contribution is -0.130. The van der Waals surface area contributed by atoms with Gasteiger partial charge in [0.1, 0.15) is 11.5 Å². The van der Waals surface area contributed by atoms with Crippen LogP contribution in [0.4, 0.5) is 0 Å². The van der Waals surface area contributed by atoms with Gasteiger partial charge in [-0.2, -0.15) is 4.98 Å². The highest BCUT2D eigenvalue weighted by atomic mass is 16.5. The summed E-state index contributed by atoms with van der Waals surface area (Å²) in [6.45, 7) is 0.242. The molecule has 1 heterocycles. The summed E-state index contributed by atoms with van der Waals surface area (Å²) in [6.07, 6.45) is 0.289. The number of hydrogen-bond donors (Lipinski definition) is 0. The molecule has 1 amide bonds. The fourth-order valence-corrected chi connectivity index (χ4v) is 2.54. The van der Waals surface area contributed by atoms with Crippen LogP contribution in [-0.2, 0) is 17.8 Å². The van der Waals surface area contributed by atoms with E-state index in [0.29, 0.717) is 17.5 Å². The molecule has 0 saturated carbocycles. The Kier molecular flexibility index (Phi) is 5.71. The van der Waals surface area contributed by atoms with Gasteiger partial charge in [0.05, 0.1) is 27.2 Å². The lowest BCUT2D eigenvalue weighted by Gasteiger charge is -2.14. The van der Waals surface area contributed by atoms with Crippen LogP contribution in [0.5, 0.6) is 11.5 Å². The minimum Gasteiger partial charge on any atom is -0.497 e. The van der Waals surface area contributed by atoms with Crippen LogP contribution in [0.3, 0.4) is 0 Å². The number of methoxy groups -OCH3 is 2. The van der Waals surface area contributed by atoms with Gasteiger partial charge in [-0.25, -0.2) is 0 Å². The Morgan fingerprint density at radius 1 is 1.07 bits per heavy atom. The van der Waals surface area contributed by atoms with Crippen molar-refractivity contribution in [3.8, 4) is 22.9 Å². The fourth-order valence-electron chi connectivity index (χ4n) is 2.54. The molecule has 0 radical (unpaired) electrons. The van der Waals surface area contributed by atoms with Crippen LogP contribution in [0.25, 0.3) is 11.4 Å². The maximum Gasteiger partial charge on any atom is 0.246 e. The maximum atomic E-state index is 12.4. The molecular weight excluding hydrogens is 346 g/mol. The Morgan fingerprint density at radius 2 is 1.81 bits per heavy atom. The van der Waals surface area contributed by atoms with Crippen molar-refractivity contribution in [3.05, 3.63) is 60.0 Å². The van der Waals surface area contributed by atoms with Gasteiger partial charge in [-0.05, 0) is 29.8 Å². The zero-order valence-corrected chi connectivity index (χ0v) is 15.5. The molecule has 0 aliphatic rings. The van der Waals surface area contributed by atoms with Gasteiger partial charge in [-0.1, -0.05) is 29.4 Å². The van der Waals surface area contributed by atoms with E-state index in [1.807, 2.05) is 48.5 Å². The first-order valence-electron chi connectivity index (χ1n) is 8.43. The summed E-state index contributed by atoms with van der Waals surface area (Å²) < 4.78 is 15.6. The van der Waals surface area contributed by atoms with Crippen molar-refractivity contribution >= 4 is 5.91 Å². The van der Waals surface area contributed by atoms with Crippen molar-refractivity contribution in [1.82, 2.24) is 15.0 Å². The van der Waals surface area contributed by atoms with Gasteiger partial charge in [0.2, 0.25) is 17.6 Å². The Bertz CT molecular complexity index is 906. The molecule has 0 spiro atoms. The highest BCUT2D eigenvalue weighted by molar-refractivity contribution is 5.78. The van der Waals surface area contributed by atoms with Gasteiger partial charge < -0.3 is 18.9 Å². The van der Waals surface area contributed by atoms with Crippen molar-refractivity contribution in [2.75, 3.05) is 21.3 Å². The molecule has 0 aliphatic heterocycles. The summed E-state index contributed by atoms with van der Waals surface area (Å²) >= 11 is 0. The molecular formula is C20H21N3O4. The molecule has 0 aliphatic carbocycles. The molecule has 7 heteroatoms. The van der Waals surface area contributed by atoms with Crippen LogP contribution in [0.2, 0.25) is 0 Å². The molecule has 2 aromatic carbocycles. The first kappa shape index (κ1) is 18.4. The summed E-state index contributed by atoms with van der Waals surface area (Å²) in [7, 11) is 4.92. The number of likely N-dealkylation sites (N-methyl/N-ethyl adjacent to an activating group) is 1. The molecule has 0 saturated heterocycles. The van der Waals surface area contributed by atoms with Crippen LogP contribution in [0.1, 0.15) is 11.5 Å². The average molecular weight is 367 g/mol. The molecule has 0 N–H and O–H groups in total. The molecule has 0 bridgehead atoms. The summed E-state index contributed by atoms with van der Waals surface area (Å²) in [6, 6.07) is 14.8. The number of aromatic nitrogens is 2. The van der Waals surface area contributed by atoms with Gasteiger partial charge in [-0.15, -0.1) is 0 Å². The van der Waals surface area contributed by atoms with Crippen molar-refractivity contribution in [1.29, 1.82) is 0 Å². The minimum atomic E-state index is -0.0405. The molecule has 3 aromatic rings. The average Bonchev–Trinajstić information content (AvgIpc) is 3.17. The van der Waals surface area contributed by atoms with E-state index in [0.717, 1.165) is 16.9 Å². The number of nitrogens with zero attached hydrogens (tertiary/aromatic N) is 3. The smallest absolute Gasteiger partial charge is 0.246 e. The zero-order valence-electron chi connectivity index (χ0n) is 15.5. The first-order valence-corrected chi connectivity index (χ1v) is 8.43. The molecule has 140 valence electrons. The van der Waals surface area contributed by atoms with Crippen molar-refractivity contribution < 1.29 is 18.8 Å². The number of amides is 1. The fraction of sp³-hybridized carbons (Fsp3) is 0.250. The Labute approximate surface area is 157 Å². The van der Waals surface area contributed by atoms with E-state index in [1.165, 1.54) is 0 Å². The van der Waals surface area contributed by atoms with Crippen LogP contribution >= 0.6 is 0 Å². The van der Waals surface area contributed by atoms with Crippen LogP contribution in [0, 0.1) is 0 Å². The SMILES string of the molecule is COc1ccc(CC(=O)N(C)Cc2nc(-c3cccc(OC)c3)no2)cc1. The first-order chi connectivity index (χ1) is 13.1. The molecule has 3 rings (SSSR count). The zero-order chi connectivity index (χ0) is 19.2. The summed E-state index contributed by atoms with van der Waals surface area (Å²) in [4.78, 5) is 18.3. The largest absolute Gasteiger partial charge is 0.497 e. The molecule has 0 atom stereocenters. The van der Waals surface area contributed by atoms with Gasteiger partial charge in [0, 0.05) is 12.6 Å². The Morgan fingerprint density at radius 3 is 2.52 bits per heavy atom. The van der Waals surface area contributed by atoms with Gasteiger partial charge >= 0.3 is 0 Å². The number of benzene rings is 2. The van der Waals surface area contributed by atoms with E-state index in [9.17, 15) is 4.79 Å². The maximum absolute atomic E-state index is 12.4. The van der Waals surface area contributed by atoms with Gasteiger partial charge in [0.25, 0.3) is 0 Å². The highest BCUT2D eigenvalue weighted by Crippen LogP contribution is 2.21. The standard InChI is InChI=1S/C20H21N3O4/c1-23(19(24)11-14-7-9-16(25-2)10-8-14)13-18-21-20(22-27-18)15-5-4-6-17(12-15)26-3/h4-10,12H,11,13H2,1-3H3. The monoisotopic (exact) mass is 367 g/mol. The Balaban J connectivity index is 1.62. The third-order valence-corrected chi connectivity index (χ3v) is 4.11. The molecule has 0 fully saturated rings. The van der Waals surface area contributed by atoms with Crippen LogP contribution in [0.15, 0.2) is 53.1 Å². The minimum absolute atomic E-state index is 0.0405. The predicted octanol–water partition coefficient (Wildman–Crippen LogP) is 2.95. The molecule has 0 unspecified atom stereocenters. The van der Waals surface area contributed by atoms with E-state index in [2.05, 4.69) is 10.1 Å². The van der Waals surface area contributed by atoms with E-state index < -0.39 is 0 Å². The number of rotatable bonds is 7. The predicted molar refractivity (Wildman–Crippen MR) is 99.5 cm³/mol. The second-order valence-corrected chi connectivity index (χ2v) is 6.02. The lowest BCUT2D eigenvalue weighted by Crippen LogP contribution is -2.27. The number of ether oxygens (including phenoxy) is 2. The molecule has 7 nitrogen and oxygen atoms in total. The molecule has 1 aromatic heterocycles. The number of carbonyl (C=O) groups is 1. The third kappa shape index (κ3) is 4.63. The summed E-state index contributed by atoms with van der Waals surface area (Å²) in [5.74, 6) is 2.26. The van der Waals surface area contributed by atoms with Crippen molar-refractivity contribution in [2.45, 2.75) is 13.0 Å². The lowest BCUT2D eigenvalue weighted by atomic mass is 10.1. The normalized spacial score (nSPS) is 10.5. The topological polar surface area (TPSA) is 77.7 Å². The van der Waals surface area contributed by atoms with Gasteiger partial charge in [-0.3, -0.25) is 4.79 Å². The van der Waals surface area contributed by atoms with Crippen molar-refractivity contribution in [3.63, 3.8) is 0 Å². The number of carbonyl (C=O) groups excluding carboxylic acids is 1. The van der Waals surface area contributed by atoms with Gasteiger partial charge in [0.15, 0.2) is 0 Å².